The summed E-state index contributed by atoms with van der Waals surface area (Å²) >= 11 is 6.72. The van der Waals surface area contributed by atoms with E-state index >= 15 is 0 Å². The number of hydrogen-bond acceptors (Lipinski definition) is 5. The first-order chi connectivity index (χ1) is 12.5. The summed E-state index contributed by atoms with van der Waals surface area (Å²) < 4.78 is 1.99. The third-order valence-corrected chi connectivity index (χ3v) is 6.16. The van der Waals surface area contributed by atoms with Crippen molar-refractivity contribution in [1.29, 1.82) is 0 Å². The fourth-order valence-corrected chi connectivity index (χ4v) is 4.44. The lowest BCUT2D eigenvalue weighted by molar-refractivity contribution is 0.0985. The normalized spacial score (nSPS) is 10.9. The second kappa shape index (κ2) is 9.89. The van der Waals surface area contributed by atoms with Crippen molar-refractivity contribution in [1.82, 2.24) is 9.88 Å². The van der Waals surface area contributed by atoms with E-state index in [1.54, 1.807) is 28.0 Å². The number of benzene rings is 2. The van der Waals surface area contributed by atoms with Crippen molar-refractivity contribution < 1.29 is 4.79 Å². The van der Waals surface area contributed by atoms with E-state index < -0.39 is 0 Å². The molecule has 0 saturated carbocycles. The molecule has 0 atom stereocenters. The van der Waals surface area contributed by atoms with E-state index in [0.29, 0.717) is 12.1 Å². The van der Waals surface area contributed by atoms with Crippen LogP contribution in [0.2, 0.25) is 0 Å². The number of thioether (sulfide) groups is 1. The second-order valence-corrected chi connectivity index (χ2v) is 8.90. The molecule has 1 aromatic heterocycles. The molecular formula is C19H21BrClN3OS2. The molecule has 27 heavy (non-hydrogen) atoms. The first-order valence-electron chi connectivity index (χ1n) is 8.14. The number of rotatable bonds is 6. The third-order valence-electron chi connectivity index (χ3n) is 3.90. The van der Waals surface area contributed by atoms with Crippen LogP contribution in [0.25, 0.3) is 10.2 Å². The van der Waals surface area contributed by atoms with Gasteiger partial charge in [-0.15, -0.1) is 24.2 Å². The summed E-state index contributed by atoms with van der Waals surface area (Å²) in [6.45, 7) is 1.36. The minimum atomic E-state index is -0.0303. The van der Waals surface area contributed by atoms with Gasteiger partial charge in [-0.25, -0.2) is 4.98 Å². The minimum Gasteiger partial charge on any atom is -0.308 e. The lowest BCUT2D eigenvalue weighted by Gasteiger charge is -2.22. The average Bonchev–Trinajstić information content (AvgIpc) is 3.04. The maximum atomic E-state index is 13.2. The van der Waals surface area contributed by atoms with E-state index in [-0.39, 0.29) is 18.3 Å². The van der Waals surface area contributed by atoms with Gasteiger partial charge >= 0.3 is 0 Å². The van der Waals surface area contributed by atoms with Crippen LogP contribution in [0.1, 0.15) is 10.4 Å². The van der Waals surface area contributed by atoms with E-state index in [4.69, 9.17) is 4.98 Å². The molecule has 0 N–H and O–H groups in total. The number of thiazole rings is 1. The van der Waals surface area contributed by atoms with E-state index in [2.05, 4.69) is 39.2 Å². The summed E-state index contributed by atoms with van der Waals surface area (Å²) in [7, 11) is 4.01. The average molecular weight is 487 g/mol. The molecule has 3 aromatic rings. The van der Waals surface area contributed by atoms with Gasteiger partial charge in [-0.2, -0.15) is 0 Å². The molecule has 0 spiro atoms. The molecule has 0 radical (unpaired) electrons. The van der Waals surface area contributed by atoms with Crippen LogP contribution >= 0.6 is 51.4 Å². The van der Waals surface area contributed by atoms with Gasteiger partial charge < -0.3 is 4.90 Å². The molecule has 8 heteroatoms. The van der Waals surface area contributed by atoms with Gasteiger partial charge in [0.2, 0.25) is 0 Å². The topological polar surface area (TPSA) is 36.4 Å². The van der Waals surface area contributed by atoms with Gasteiger partial charge in [-0.3, -0.25) is 9.69 Å². The molecule has 0 bridgehead atoms. The monoisotopic (exact) mass is 485 g/mol. The highest BCUT2D eigenvalue weighted by Gasteiger charge is 2.21. The molecule has 4 nitrogen and oxygen atoms in total. The van der Waals surface area contributed by atoms with Crippen LogP contribution in [0.15, 0.2) is 51.8 Å². The van der Waals surface area contributed by atoms with Crippen LogP contribution < -0.4 is 4.90 Å². The summed E-state index contributed by atoms with van der Waals surface area (Å²) in [6, 6.07) is 13.7. The number of hydrogen-bond donors (Lipinski definition) is 0. The summed E-state index contributed by atoms with van der Waals surface area (Å²) in [5.41, 5.74) is 1.59. The van der Waals surface area contributed by atoms with E-state index in [9.17, 15) is 4.79 Å². The summed E-state index contributed by atoms with van der Waals surface area (Å²) in [4.78, 5) is 22.9. The van der Waals surface area contributed by atoms with Crippen LogP contribution in [0, 0.1) is 0 Å². The highest BCUT2D eigenvalue weighted by molar-refractivity contribution is 9.10. The van der Waals surface area contributed by atoms with Gasteiger partial charge in [0, 0.05) is 28.0 Å². The van der Waals surface area contributed by atoms with Crippen molar-refractivity contribution in [3.8, 4) is 0 Å². The van der Waals surface area contributed by atoms with Gasteiger partial charge in [-0.1, -0.05) is 33.3 Å². The Kier molecular flexibility index (Phi) is 8.12. The van der Waals surface area contributed by atoms with Crippen LogP contribution in [-0.2, 0) is 0 Å². The largest absolute Gasteiger partial charge is 0.308 e. The summed E-state index contributed by atoms with van der Waals surface area (Å²) in [6.07, 6.45) is 2.06. The lowest BCUT2D eigenvalue weighted by atomic mass is 10.2. The van der Waals surface area contributed by atoms with Crippen LogP contribution in [0.3, 0.4) is 0 Å². The van der Waals surface area contributed by atoms with Crippen LogP contribution in [0.5, 0.6) is 0 Å². The molecule has 0 fully saturated rings. The van der Waals surface area contributed by atoms with E-state index in [1.165, 1.54) is 4.90 Å². The van der Waals surface area contributed by atoms with Crippen LogP contribution in [0.4, 0.5) is 5.13 Å². The Bertz CT molecular complexity index is 932. The van der Waals surface area contributed by atoms with Crippen molar-refractivity contribution in [3.63, 3.8) is 0 Å². The van der Waals surface area contributed by atoms with Crippen molar-refractivity contribution in [3.05, 3.63) is 52.5 Å². The number of amides is 1. The fraction of sp³-hybridized carbons (Fsp3) is 0.263. The smallest absolute Gasteiger partial charge is 0.260 e. The molecular weight excluding hydrogens is 466 g/mol. The van der Waals surface area contributed by atoms with Gasteiger partial charge in [0.05, 0.1) is 10.2 Å². The maximum absolute atomic E-state index is 13.2. The summed E-state index contributed by atoms with van der Waals surface area (Å²) in [5, 5.41) is 0.741. The summed E-state index contributed by atoms with van der Waals surface area (Å²) in [5.74, 6) is -0.0303. The maximum Gasteiger partial charge on any atom is 0.260 e. The molecule has 0 aliphatic rings. The number of fused-ring (bicyclic) bond motifs is 1. The molecule has 3 rings (SSSR count). The first kappa shape index (κ1) is 22.2. The zero-order chi connectivity index (χ0) is 18.7. The van der Waals surface area contributed by atoms with E-state index in [0.717, 1.165) is 26.4 Å². The van der Waals surface area contributed by atoms with Gasteiger partial charge in [0.1, 0.15) is 0 Å². The highest BCUT2D eigenvalue weighted by atomic mass is 79.9. The number of aromatic nitrogens is 1. The minimum absolute atomic E-state index is 0. The fourth-order valence-electron chi connectivity index (χ4n) is 2.50. The number of anilines is 1. The Hall–Kier alpha value is -1.12. The van der Waals surface area contributed by atoms with Crippen molar-refractivity contribution in [2.45, 2.75) is 4.90 Å². The number of halogens is 2. The Balaban J connectivity index is 0.00000261. The number of nitrogens with zero attached hydrogens (tertiary/aromatic N) is 3. The Morgan fingerprint density at radius 1 is 1.19 bits per heavy atom. The molecule has 2 aromatic carbocycles. The number of carbonyl (C=O) groups is 1. The number of likely N-dealkylation sites (N-methyl/N-ethyl adjacent to an activating group) is 1. The van der Waals surface area contributed by atoms with Crippen LogP contribution in [-0.4, -0.2) is 49.2 Å². The number of carbonyl (C=O) groups excluding carboxylic acids is 1. The second-order valence-electron chi connectivity index (χ2n) is 6.10. The van der Waals surface area contributed by atoms with Crippen molar-refractivity contribution in [2.75, 3.05) is 38.3 Å². The predicted octanol–water partition coefficient (Wildman–Crippen LogP) is 5.41. The lowest BCUT2D eigenvalue weighted by Crippen LogP contribution is -2.36. The standard InChI is InChI=1S/C19H20BrN3OS2.ClH/c1-22(2)9-10-23(18(24)13-5-4-6-14(20)11-13)19-21-16-8-7-15(25-3)12-17(16)26-19;/h4-8,11-12H,9-10H2,1-3H3;1H. The molecule has 0 aliphatic carbocycles. The first-order valence-corrected chi connectivity index (χ1v) is 11.0. The van der Waals surface area contributed by atoms with E-state index in [1.807, 2.05) is 44.4 Å². The Labute approximate surface area is 182 Å². The molecule has 0 unspecified atom stereocenters. The predicted molar refractivity (Wildman–Crippen MR) is 123 cm³/mol. The molecule has 0 aliphatic heterocycles. The van der Waals surface area contributed by atoms with Gasteiger partial charge in [0.15, 0.2) is 5.13 Å². The SMILES string of the molecule is CSc1ccc2nc(N(CCN(C)C)C(=O)c3cccc(Br)c3)sc2c1.Cl. The Morgan fingerprint density at radius 3 is 2.63 bits per heavy atom. The quantitative estimate of drug-likeness (QED) is 0.436. The third kappa shape index (κ3) is 5.45. The van der Waals surface area contributed by atoms with Gasteiger partial charge in [-0.05, 0) is 56.7 Å². The Morgan fingerprint density at radius 2 is 1.96 bits per heavy atom. The molecule has 0 saturated heterocycles. The zero-order valence-electron chi connectivity index (χ0n) is 15.3. The molecule has 1 amide bonds. The van der Waals surface area contributed by atoms with Crippen molar-refractivity contribution in [2.24, 2.45) is 0 Å². The molecule has 1 heterocycles. The van der Waals surface area contributed by atoms with Gasteiger partial charge in [0.25, 0.3) is 5.91 Å². The van der Waals surface area contributed by atoms with Crippen molar-refractivity contribution >= 4 is 72.7 Å². The zero-order valence-corrected chi connectivity index (χ0v) is 19.3. The highest BCUT2D eigenvalue weighted by Crippen LogP contribution is 2.32. The molecule has 144 valence electrons.